The minimum atomic E-state index is -0.725. The van der Waals surface area contributed by atoms with Crippen LogP contribution < -0.4 is 0 Å². The molecule has 0 fully saturated rings. The van der Waals surface area contributed by atoms with Crippen LogP contribution in [0.4, 0.5) is 8.78 Å². The lowest BCUT2D eigenvalue weighted by molar-refractivity contribution is 0.519. The molecule has 0 saturated heterocycles. The monoisotopic (exact) mass is 112 g/mol. The number of rotatable bonds is 0. The molecule has 0 amide bonds. The predicted octanol–water partition coefficient (Wildman–Crippen LogP) is 1.95. The average molecular weight is 112 g/mol. The maximum atomic E-state index is 12.1. The molecule has 0 atom stereocenters. The molecule has 0 aromatic rings. The van der Waals surface area contributed by atoms with E-state index >= 15 is 0 Å². The van der Waals surface area contributed by atoms with Crippen LogP contribution in [0.3, 0.4) is 0 Å². The number of hydrogen-bond acceptors (Lipinski definition) is 0. The van der Waals surface area contributed by atoms with E-state index in [0.29, 0.717) is 11.1 Å². The molecular formula is C6H2F2. The molecular weight excluding hydrogens is 110 g/mol. The molecule has 0 aromatic heterocycles. The highest BCUT2D eigenvalue weighted by Crippen LogP contribution is 2.38. The molecule has 2 heteroatoms. The van der Waals surface area contributed by atoms with Crippen molar-refractivity contribution >= 4 is 0 Å². The number of hydrogen-bond donors (Lipinski definition) is 0. The van der Waals surface area contributed by atoms with Gasteiger partial charge in [0.05, 0.1) is 0 Å². The third-order valence-corrected chi connectivity index (χ3v) is 1.26. The molecule has 0 heterocycles. The SMILES string of the molecule is Fc1cc2cc-2c1F. The Morgan fingerprint density at radius 2 is 1.88 bits per heavy atom. The largest absolute Gasteiger partial charge is 0.204 e. The Hall–Kier alpha value is -0.920. The van der Waals surface area contributed by atoms with Gasteiger partial charge in [-0.05, 0) is 17.7 Å². The Balaban J connectivity index is 2.74. The van der Waals surface area contributed by atoms with Crippen molar-refractivity contribution in [2.75, 3.05) is 0 Å². The first-order valence-electron chi connectivity index (χ1n) is 2.28. The summed E-state index contributed by atoms with van der Waals surface area (Å²) in [5.74, 6) is -1.42. The van der Waals surface area contributed by atoms with E-state index in [1.54, 1.807) is 6.07 Å². The molecule has 0 bridgehead atoms. The highest BCUT2D eigenvalue weighted by atomic mass is 19.2. The van der Waals surface area contributed by atoms with Gasteiger partial charge < -0.3 is 0 Å². The molecule has 0 radical (unpaired) electrons. The van der Waals surface area contributed by atoms with Crippen molar-refractivity contribution in [2.24, 2.45) is 0 Å². The topological polar surface area (TPSA) is 0 Å². The molecule has 2 aliphatic rings. The molecule has 0 unspecified atom stereocenters. The molecule has 0 N–H and O–H groups in total. The Morgan fingerprint density at radius 1 is 1.12 bits per heavy atom. The predicted molar refractivity (Wildman–Crippen MR) is 25.4 cm³/mol. The van der Waals surface area contributed by atoms with Crippen molar-refractivity contribution in [3.05, 3.63) is 23.8 Å². The van der Waals surface area contributed by atoms with Gasteiger partial charge in [-0.25, -0.2) is 8.78 Å². The summed E-state index contributed by atoms with van der Waals surface area (Å²) in [6, 6.07) is 2.81. The highest BCUT2D eigenvalue weighted by Gasteiger charge is 2.22. The second-order valence-electron chi connectivity index (χ2n) is 1.82. The molecule has 8 heavy (non-hydrogen) atoms. The fourth-order valence-corrected chi connectivity index (χ4v) is 0.757. The summed E-state index contributed by atoms with van der Waals surface area (Å²) >= 11 is 0. The summed E-state index contributed by atoms with van der Waals surface area (Å²) < 4.78 is 24.1. The summed E-state index contributed by atoms with van der Waals surface area (Å²) in [6.07, 6.45) is 0. The van der Waals surface area contributed by atoms with Crippen LogP contribution in [0.2, 0.25) is 0 Å². The van der Waals surface area contributed by atoms with Crippen LogP contribution in [0.5, 0.6) is 0 Å². The van der Waals surface area contributed by atoms with E-state index in [1.165, 1.54) is 6.07 Å². The van der Waals surface area contributed by atoms with Crippen molar-refractivity contribution in [2.45, 2.75) is 0 Å². The van der Waals surface area contributed by atoms with E-state index < -0.39 is 11.6 Å². The van der Waals surface area contributed by atoms with Gasteiger partial charge in [-0.1, -0.05) is 0 Å². The van der Waals surface area contributed by atoms with Crippen LogP contribution >= 0.6 is 0 Å². The van der Waals surface area contributed by atoms with Gasteiger partial charge in [0.1, 0.15) is 0 Å². The van der Waals surface area contributed by atoms with Crippen molar-refractivity contribution in [3.8, 4) is 11.1 Å². The van der Waals surface area contributed by atoms with Crippen LogP contribution in [0.1, 0.15) is 0 Å². The van der Waals surface area contributed by atoms with Crippen LogP contribution in [-0.4, -0.2) is 0 Å². The minimum Gasteiger partial charge on any atom is -0.204 e. The number of benzene rings is 1. The first-order valence-corrected chi connectivity index (χ1v) is 2.28. The molecule has 0 aliphatic heterocycles. The van der Waals surface area contributed by atoms with Gasteiger partial charge in [0.2, 0.25) is 0 Å². The smallest absolute Gasteiger partial charge is 0.166 e. The van der Waals surface area contributed by atoms with Crippen molar-refractivity contribution < 1.29 is 8.78 Å². The first kappa shape index (κ1) is 4.01. The van der Waals surface area contributed by atoms with Crippen LogP contribution in [0, 0.1) is 11.6 Å². The summed E-state index contributed by atoms with van der Waals surface area (Å²) in [7, 11) is 0. The normalized spacial score (nSPS) is 11.8. The second kappa shape index (κ2) is 0.917. The maximum absolute atomic E-state index is 12.1. The summed E-state index contributed by atoms with van der Waals surface area (Å²) in [5, 5.41) is 0. The Kier molecular flexibility index (Phi) is 0.460. The standard InChI is InChI=1S/C6H2F2/c7-5-2-3-1-4(3)6(5)8/h1-2H. The van der Waals surface area contributed by atoms with Gasteiger partial charge in [-0.15, -0.1) is 0 Å². The van der Waals surface area contributed by atoms with Gasteiger partial charge in [0.15, 0.2) is 11.6 Å². The van der Waals surface area contributed by atoms with Gasteiger partial charge in [-0.2, -0.15) is 0 Å². The Morgan fingerprint density at radius 3 is 2.12 bits per heavy atom. The lowest BCUT2D eigenvalue weighted by Gasteiger charge is -1.74. The fraction of sp³-hybridized carbons (Fsp3) is 0. The molecule has 40 valence electrons. The minimum absolute atomic E-state index is 0.447. The lowest BCUT2D eigenvalue weighted by Crippen LogP contribution is -1.68. The van der Waals surface area contributed by atoms with Gasteiger partial charge >= 0.3 is 0 Å². The van der Waals surface area contributed by atoms with Crippen LogP contribution in [0.25, 0.3) is 11.1 Å². The highest BCUT2D eigenvalue weighted by molar-refractivity contribution is 5.81. The van der Waals surface area contributed by atoms with Crippen molar-refractivity contribution in [3.63, 3.8) is 0 Å². The Labute approximate surface area is 44.8 Å². The third-order valence-electron chi connectivity index (χ3n) is 1.26. The molecule has 2 rings (SSSR count). The van der Waals surface area contributed by atoms with E-state index in [-0.39, 0.29) is 0 Å². The molecule has 0 saturated carbocycles. The molecule has 0 nitrogen and oxygen atoms in total. The van der Waals surface area contributed by atoms with Crippen molar-refractivity contribution in [1.82, 2.24) is 0 Å². The van der Waals surface area contributed by atoms with E-state index in [4.69, 9.17) is 0 Å². The van der Waals surface area contributed by atoms with Crippen molar-refractivity contribution in [1.29, 1.82) is 0 Å². The Bertz CT molecular complexity index is 253. The van der Waals surface area contributed by atoms with Crippen LogP contribution in [-0.2, 0) is 0 Å². The summed E-state index contributed by atoms with van der Waals surface area (Å²) in [6.45, 7) is 0. The van der Waals surface area contributed by atoms with E-state index in [9.17, 15) is 8.78 Å². The second-order valence-corrected chi connectivity index (χ2v) is 1.82. The molecule has 2 aliphatic carbocycles. The summed E-state index contributed by atoms with van der Waals surface area (Å²) in [4.78, 5) is 0. The zero-order valence-corrected chi connectivity index (χ0v) is 3.91. The zero-order chi connectivity index (χ0) is 5.72. The van der Waals surface area contributed by atoms with Gasteiger partial charge in [0, 0.05) is 5.56 Å². The third kappa shape index (κ3) is 0.290. The number of halogens is 2. The molecule has 0 spiro atoms. The van der Waals surface area contributed by atoms with Crippen LogP contribution in [0.15, 0.2) is 12.1 Å². The molecule has 0 aromatic carbocycles. The number of fused-ring (bicyclic) bond motifs is 1. The lowest BCUT2D eigenvalue weighted by atomic mass is 10.5. The van der Waals surface area contributed by atoms with Gasteiger partial charge in [0.25, 0.3) is 0 Å². The van der Waals surface area contributed by atoms with Gasteiger partial charge in [-0.3, -0.25) is 0 Å². The van der Waals surface area contributed by atoms with E-state index in [1.807, 2.05) is 0 Å². The quantitative estimate of drug-likeness (QED) is 0.488. The zero-order valence-electron chi connectivity index (χ0n) is 3.91. The van der Waals surface area contributed by atoms with E-state index in [2.05, 4.69) is 0 Å². The average Bonchev–Trinajstić information content (AvgIpc) is 2.39. The summed E-state index contributed by atoms with van der Waals surface area (Å²) in [5.41, 5.74) is 1.16. The maximum Gasteiger partial charge on any atom is 0.166 e. The van der Waals surface area contributed by atoms with E-state index in [0.717, 1.165) is 0 Å². The fourth-order valence-electron chi connectivity index (χ4n) is 0.757. The first-order chi connectivity index (χ1) is 3.79.